The molecule has 3 atom stereocenters. The number of nitrogens with one attached hydrogen (secondary N) is 1. The van der Waals surface area contributed by atoms with Crippen LogP contribution in [0.3, 0.4) is 0 Å². The summed E-state index contributed by atoms with van der Waals surface area (Å²) >= 11 is 8.02. The van der Waals surface area contributed by atoms with Gasteiger partial charge in [-0.05, 0) is 37.1 Å². The number of dihydropyridines is 1. The molecule has 1 heterocycles. The third-order valence-corrected chi connectivity index (χ3v) is 7.11. The summed E-state index contributed by atoms with van der Waals surface area (Å²) in [7, 11) is 1.22. The molecule has 1 aromatic rings. The van der Waals surface area contributed by atoms with Crippen molar-refractivity contribution in [3.63, 3.8) is 0 Å². The molecular weight excluding hydrogens is 469 g/mol. The predicted molar refractivity (Wildman–Crippen MR) is 125 cm³/mol. The first kappa shape index (κ1) is 25.3. The molecule has 1 aliphatic heterocycles. The van der Waals surface area contributed by atoms with Gasteiger partial charge >= 0.3 is 11.9 Å². The topological polar surface area (TPSA) is 81.7 Å². The lowest BCUT2D eigenvalue weighted by atomic mass is 9.69. The van der Waals surface area contributed by atoms with Gasteiger partial charge in [-0.15, -0.1) is 0 Å². The van der Waals surface area contributed by atoms with Gasteiger partial charge in [0.25, 0.3) is 0 Å². The minimum Gasteiger partial charge on any atom is -0.468 e. The molecular formula is C24H27ClFNO5S. The van der Waals surface area contributed by atoms with Crippen LogP contribution >= 0.6 is 23.4 Å². The third-order valence-electron chi connectivity index (χ3n) is 5.92. The number of thioether (sulfide) groups is 1. The lowest BCUT2D eigenvalue weighted by Crippen LogP contribution is -2.43. The summed E-state index contributed by atoms with van der Waals surface area (Å²) in [5.41, 5.74) is 1.27. The second kappa shape index (κ2) is 10.7. The Morgan fingerprint density at radius 2 is 2.06 bits per heavy atom. The number of carbonyl (C=O) groups is 3. The number of hydrogen-bond acceptors (Lipinski definition) is 7. The number of benzene rings is 1. The second-order valence-electron chi connectivity index (χ2n) is 8.00. The van der Waals surface area contributed by atoms with Gasteiger partial charge in [0.2, 0.25) is 0 Å². The summed E-state index contributed by atoms with van der Waals surface area (Å²) in [4.78, 5) is 39.2. The van der Waals surface area contributed by atoms with E-state index in [9.17, 15) is 14.4 Å². The molecule has 0 aromatic heterocycles. The van der Waals surface area contributed by atoms with Crippen molar-refractivity contribution in [3.8, 4) is 0 Å². The molecule has 1 aromatic carbocycles. The lowest BCUT2D eigenvalue weighted by molar-refractivity contribution is -0.151. The number of ketones is 1. The fourth-order valence-electron chi connectivity index (χ4n) is 4.44. The maximum absolute atomic E-state index is 15.1. The van der Waals surface area contributed by atoms with E-state index in [2.05, 4.69) is 5.32 Å². The lowest BCUT2D eigenvalue weighted by Gasteiger charge is -2.38. The minimum atomic E-state index is -1.10. The SMILES string of the molecule is CCSCCOC(=O)C1=C(C)NC2=C(C(=O)[C@H](C(=O)OC)[C@H](C)C2)[C@H]1c1c(F)cccc1Cl. The molecule has 3 rings (SSSR count). The molecule has 178 valence electrons. The second-order valence-corrected chi connectivity index (χ2v) is 9.80. The molecule has 0 spiro atoms. The van der Waals surface area contributed by atoms with E-state index in [1.165, 1.54) is 25.3 Å². The van der Waals surface area contributed by atoms with E-state index >= 15 is 4.39 Å². The van der Waals surface area contributed by atoms with Crippen LogP contribution < -0.4 is 5.32 Å². The number of Topliss-reactive ketones (excluding diaryl/α,β-unsaturated/α-hetero) is 1. The molecule has 0 fully saturated rings. The average molecular weight is 496 g/mol. The van der Waals surface area contributed by atoms with Gasteiger partial charge in [0.05, 0.1) is 18.6 Å². The largest absolute Gasteiger partial charge is 0.468 e. The minimum absolute atomic E-state index is 0.00826. The standard InChI is InChI=1S/C24H27ClFNO5S/c1-5-33-10-9-32-24(30)18-13(3)27-16-11-12(2)17(23(29)31-4)22(28)20(16)21(18)19-14(25)7-6-8-15(19)26/h6-8,12,17,21,27H,5,9-11H2,1-4H3/t12-,17-,21-/m1/s1. The quantitative estimate of drug-likeness (QED) is 0.341. The molecule has 0 saturated heterocycles. The fraction of sp³-hybridized carbons (Fsp3) is 0.458. The van der Waals surface area contributed by atoms with E-state index in [0.29, 0.717) is 23.6 Å². The van der Waals surface area contributed by atoms with Crippen molar-refractivity contribution >= 4 is 41.1 Å². The summed E-state index contributed by atoms with van der Waals surface area (Å²) in [6, 6.07) is 4.19. The van der Waals surface area contributed by atoms with Crippen LogP contribution in [-0.4, -0.2) is 42.9 Å². The number of carbonyl (C=O) groups excluding carboxylic acids is 3. The van der Waals surface area contributed by atoms with E-state index in [1.54, 1.807) is 25.6 Å². The Hall–Kier alpha value is -2.32. The molecule has 6 nitrogen and oxygen atoms in total. The van der Waals surface area contributed by atoms with E-state index in [0.717, 1.165) is 5.75 Å². The van der Waals surface area contributed by atoms with Crippen LogP contribution in [0.15, 0.2) is 40.7 Å². The number of hydrogen-bond donors (Lipinski definition) is 1. The first-order valence-corrected chi connectivity index (χ1v) is 12.3. The Balaban J connectivity index is 2.14. The predicted octanol–water partition coefficient (Wildman–Crippen LogP) is 4.39. The number of ether oxygens (including phenoxy) is 2. The highest BCUT2D eigenvalue weighted by atomic mass is 35.5. The van der Waals surface area contributed by atoms with E-state index in [1.807, 2.05) is 6.92 Å². The van der Waals surface area contributed by atoms with Crippen LogP contribution in [0.25, 0.3) is 0 Å². The Morgan fingerprint density at radius 3 is 2.70 bits per heavy atom. The molecule has 1 N–H and O–H groups in total. The summed E-state index contributed by atoms with van der Waals surface area (Å²) in [6.07, 6.45) is 0.357. The number of halogens is 2. The maximum atomic E-state index is 15.1. The van der Waals surface area contributed by atoms with Crippen molar-refractivity contribution < 1.29 is 28.2 Å². The Morgan fingerprint density at radius 1 is 1.33 bits per heavy atom. The van der Waals surface area contributed by atoms with Crippen LogP contribution in [0, 0.1) is 17.7 Å². The van der Waals surface area contributed by atoms with Crippen molar-refractivity contribution in [2.24, 2.45) is 11.8 Å². The summed E-state index contributed by atoms with van der Waals surface area (Å²) in [6.45, 7) is 5.64. The molecule has 2 aliphatic rings. The molecule has 1 aliphatic carbocycles. The van der Waals surface area contributed by atoms with Crippen LogP contribution in [0.1, 0.15) is 38.7 Å². The molecule has 9 heteroatoms. The molecule has 0 bridgehead atoms. The van der Waals surface area contributed by atoms with Gasteiger partial charge in [0.15, 0.2) is 5.78 Å². The van der Waals surface area contributed by atoms with Gasteiger partial charge in [-0.25, -0.2) is 9.18 Å². The van der Waals surface area contributed by atoms with Gasteiger partial charge < -0.3 is 14.8 Å². The highest BCUT2D eigenvalue weighted by molar-refractivity contribution is 7.99. The van der Waals surface area contributed by atoms with Crippen molar-refractivity contribution in [1.82, 2.24) is 5.32 Å². The smallest absolute Gasteiger partial charge is 0.336 e. The van der Waals surface area contributed by atoms with Crippen molar-refractivity contribution in [2.75, 3.05) is 25.2 Å². The van der Waals surface area contributed by atoms with Gasteiger partial charge in [0.1, 0.15) is 18.3 Å². The van der Waals surface area contributed by atoms with Crippen LogP contribution in [0.4, 0.5) is 4.39 Å². The molecule has 33 heavy (non-hydrogen) atoms. The molecule has 0 radical (unpaired) electrons. The van der Waals surface area contributed by atoms with Crippen LogP contribution in [0.5, 0.6) is 0 Å². The summed E-state index contributed by atoms with van der Waals surface area (Å²) < 4.78 is 25.5. The van der Waals surface area contributed by atoms with Gasteiger partial charge in [-0.3, -0.25) is 9.59 Å². The Bertz CT molecular complexity index is 1020. The highest BCUT2D eigenvalue weighted by Gasteiger charge is 2.48. The number of esters is 2. The zero-order chi connectivity index (χ0) is 24.3. The number of rotatable bonds is 7. The summed E-state index contributed by atoms with van der Waals surface area (Å²) in [5, 5.41) is 3.22. The normalized spacial score (nSPS) is 22.6. The van der Waals surface area contributed by atoms with E-state index < -0.39 is 35.4 Å². The van der Waals surface area contributed by atoms with Gasteiger partial charge in [-0.1, -0.05) is 31.5 Å². The molecule has 0 saturated carbocycles. The molecule has 0 amide bonds. The van der Waals surface area contributed by atoms with E-state index in [-0.39, 0.29) is 34.3 Å². The zero-order valence-electron chi connectivity index (χ0n) is 19.0. The molecule has 0 unspecified atom stereocenters. The fourth-order valence-corrected chi connectivity index (χ4v) is 5.20. The monoisotopic (exact) mass is 495 g/mol. The van der Waals surface area contributed by atoms with Crippen LogP contribution in [0.2, 0.25) is 5.02 Å². The van der Waals surface area contributed by atoms with Gasteiger partial charge in [-0.2, -0.15) is 11.8 Å². The Labute approximate surface area is 201 Å². The zero-order valence-corrected chi connectivity index (χ0v) is 20.6. The highest BCUT2D eigenvalue weighted by Crippen LogP contribution is 2.47. The van der Waals surface area contributed by atoms with Crippen molar-refractivity contribution in [3.05, 3.63) is 57.1 Å². The third kappa shape index (κ3) is 4.96. The van der Waals surface area contributed by atoms with Crippen molar-refractivity contribution in [1.29, 1.82) is 0 Å². The van der Waals surface area contributed by atoms with Gasteiger partial charge in [0, 0.05) is 33.3 Å². The van der Waals surface area contributed by atoms with E-state index in [4.69, 9.17) is 21.1 Å². The maximum Gasteiger partial charge on any atom is 0.336 e. The Kier molecular flexibility index (Phi) is 8.23. The summed E-state index contributed by atoms with van der Waals surface area (Å²) in [5.74, 6) is -3.48. The number of methoxy groups -OCH3 is 1. The average Bonchev–Trinajstić information content (AvgIpc) is 2.75. The first-order valence-electron chi connectivity index (χ1n) is 10.7. The number of allylic oxidation sites excluding steroid dienone is 3. The first-order chi connectivity index (χ1) is 15.7. The van der Waals surface area contributed by atoms with Crippen molar-refractivity contribution in [2.45, 2.75) is 33.1 Å². The van der Waals surface area contributed by atoms with Crippen LogP contribution in [-0.2, 0) is 23.9 Å².